The van der Waals surface area contributed by atoms with Crippen LogP contribution in [0.2, 0.25) is 0 Å². The van der Waals surface area contributed by atoms with Crippen molar-refractivity contribution in [2.45, 2.75) is 40.0 Å². The predicted octanol–water partition coefficient (Wildman–Crippen LogP) is 0.193. The van der Waals surface area contributed by atoms with E-state index < -0.39 is 0 Å². The van der Waals surface area contributed by atoms with Crippen molar-refractivity contribution in [2.24, 2.45) is 17.3 Å². The van der Waals surface area contributed by atoms with Gasteiger partial charge in [0.1, 0.15) is 0 Å². The Morgan fingerprint density at radius 2 is 2.18 bits per heavy atom. The van der Waals surface area contributed by atoms with Crippen LogP contribution in [0.3, 0.4) is 0 Å². The van der Waals surface area contributed by atoms with Crippen LogP contribution in [0, 0.1) is 17.3 Å². The first kappa shape index (κ1) is 14.7. The summed E-state index contributed by atoms with van der Waals surface area (Å²) < 4.78 is 0. The first-order valence-corrected chi connectivity index (χ1v) is 6.19. The van der Waals surface area contributed by atoms with E-state index in [2.05, 4.69) is 27.4 Å². The zero-order valence-corrected chi connectivity index (χ0v) is 11.5. The Morgan fingerprint density at radius 3 is 2.65 bits per heavy atom. The molecule has 0 aromatic carbocycles. The molecule has 0 N–H and O–H groups in total. The molecule has 1 spiro atoms. The minimum atomic E-state index is 0. The Balaban J connectivity index is 0.00000144. The number of hydrogen-bond donors (Lipinski definition) is 0. The van der Waals surface area contributed by atoms with Crippen LogP contribution in [0.25, 0.3) is 0 Å². The van der Waals surface area contributed by atoms with E-state index in [-0.39, 0.29) is 30.0 Å². The van der Waals surface area contributed by atoms with Crippen LogP contribution >= 0.6 is 0 Å². The molecule has 0 heterocycles. The fourth-order valence-corrected chi connectivity index (χ4v) is 3.44. The molecule has 1 fully saturated rings. The van der Waals surface area contributed by atoms with Crippen molar-refractivity contribution in [2.75, 3.05) is 0 Å². The van der Waals surface area contributed by atoms with E-state index in [1.807, 2.05) is 12.2 Å². The summed E-state index contributed by atoms with van der Waals surface area (Å²) in [5.74, 6) is 1.22. The van der Waals surface area contributed by atoms with Crippen LogP contribution in [0.15, 0.2) is 35.6 Å². The SMILES string of the molecule is C=C(C)C1CC[C@@]2(C1)C(C)=CC([O-])=C[C@H]2C.[Li+]. The quantitative estimate of drug-likeness (QED) is 0.461. The fourth-order valence-electron chi connectivity index (χ4n) is 3.44. The number of allylic oxidation sites excluding steroid dienone is 4. The van der Waals surface area contributed by atoms with Crippen molar-refractivity contribution in [3.63, 3.8) is 0 Å². The van der Waals surface area contributed by atoms with Gasteiger partial charge in [-0.2, -0.15) is 0 Å². The molecule has 0 radical (unpaired) electrons. The van der Waals surface area contributed by atoms with E-state index >= 15 is 0 Å². The summed E-state index contributed by atoms with van der Waals surface area (Å²) in [4.78, 5) is 0. The second-order valence-corrected chi connectivity index (χ2v) is 5.63. The molecule has 88 valence electrons. The Bertz CT molecular complexity index is 380. The molecule has 0 aromatic heterocycles. The topological polar surface area (TPSA) is 23.1 Å². The van der Waals surface area contributed by atoms with Crippen molar-refractivity contribution in [3.8, 4) is 0 Å². The second kappa shape index (κ2) is 5.08. The van der Waals surface area contributed by atoms with E-state index in [1.165, 1.54) is 30.4 Å². The summed E-state index contributed by atoms with van der Waals surface area (Å²) in [6.45, 7) is 10.5. The second-order valence-electron chi connectivity index (χ2n) is 5.63. The van der Waals surface area contributed by atoms with Gasteiger partial charge in [-0.3, -0.25) is 0 Å². The van der Waals surface area contributed by atoms with E-state index in [0.29, 0.717) is 11.8 Å². The first-order chi connectivity index (χ1) is 7.45. The van der Waals surface area contributed by atoms with Gasteiger partial charge in [-0.1, -0.05) is 36.8 Å². The third-order valence-corrected chi connectivity index (χ3v) is 4.68. The van der Waals surface area contributed by atoms with Gasteiger partial charge < -0.3 is 5.11 Å². The predicted molar refractivity (Wildman–Crippen MR) is 65.6 cm³/mol. The normalized spacial score (nSPS) is 36.2. The van der Waals surface area contributed by atoms with Crippen LogP contribution in [0.5, 0.6) is 0 Å². The van der Waals surface area contributed by atoms with Crippen molar-refractivity contribution in [1.29, 1.82) is 0 Å². The maximum atomic E-state index is 11.5. The van der Waals surface area contributed by atoms with Crippen molar-refractivity contribution in [1.82, 2.24) is 0 Å². The van der Waals surface area contributed by atoms with Gasteiger partial charge in [0, 0.05) is 0 Å². The van der Waals surface area contributed by atoms with Crippen molar-refractivity contribution in [3.05, 3.63) is 35.6 Å². The first-order valence-electron chi connectivity index (χ1n) is 6.19. The van der Waals surface area contributed by atoms with Gasteiger partial charge in [0.2, 0.25) is 0 Å². The van der Waals surface area contributed by atoms with Gasteiger partial charge >= 0.3 is 18.9 Å². The van der Waals surface area contributed by atoms with E-state index in [9.17, 15) is 5.11 Å². The molecule has 2 aliphatic carbocycles. The molecule has 2 heteroatoms. The molecule has 0 saturated heterocycles. The summed E-state index contributed by atoms with van der Waals surface area (Å²) in [6.07, 6.45) is 7.34. The summed E-state index contributed by atoms with van der Waals surface area (Å²) in [6, 6.07) is 0. The third kappa shape index (κ3) is 2.42. The smallest absolute Gasteiger partial charge is 0.873 e. The van der Waals surface area contributed by atoms with Crippen molar-refractivity contribution >= 4 is 0 Å². The van der Waals surface area contributed by atoms with Crippen LogP contribution in [0.1, 0.15) is 40.0 Å². The number of rotatable bonds is 1. The van der Waals surface area contributed by atoms with Gasteiger partial charge in [0.15, 0.2) is 0 Å². The molecule has 0 aromatic rings. The Hall–Kier alpha value is -0.383. The zero-order chi connectivity index (χ0) is 11.9. The van der Waals surface area contributed by atoms with Crippen molar-refractivity contribution < 1.29 is 24.0 Å². The fraction of sp³-hybridized carbons (Fsp3) is 0.600. The van der Waals surface area contributed by atoms with Gasteiger partial charge in [0.25, 0.3) is 0 Å². The molecule has 1 saturated carbocycles. The Labute approximate surface area is 117 Å². The van der Waals surface area contributed by atoms with Gasteiger partial charge in [-0.25, -0.2) is 0 Å². The van der Waals surface area contributed by atoms with Gasteiger partial charge in [0.05, 0.1) is 0 Å². The average molecular weight is 224 g/mol. The summed E-state index contributed by atoms with van der Waals surface area (Å²) >= 11 is 0. The third-order valence-electron chi connectivity index (χ3n) is 4.68. The molecule has 0 aliphatic heterocycles. The summed E-state index contributed by atoms with van der Waals surface area (Å²) in [5.41, 5.74) is 2.84. The standard InChI is InChI=1S/C15H22O.Li/c1-10(2)13-5-6-15(9-13)11(3)7-14(16)8-12(15)4;/h7-8,11,13,16H,1,5-6,9H2,2-4H3;/q;+1/p-1/t11-,13?,15+;/m1./s1. The minimum Gasteiger partial charge on any atom is -0.873 e. The molecule has 3 atom stereocenters. The van der Waals surface area contributed by atoms with Crippen LogP contribution in [0.4, 0.5) is 0 Å². The Morgan fingerprint density at radius 1 is 1.53 bits per heavy atom. The van der Waals surface area contributed by atoms with Crippen LogP contribution < -0.4 is 24.0 Å². The molecule has 2 rings (SSSR count). The summed E-state index contributed by atoms with van der Waals surface area (Å²) in [5, 5.41) is 11.5. The number of hydrogen-bond acceptors (Lipinski definition) is 1. The molecule has 0 amide bonds. The van der Waals surface area contributed by atoms with Crippen LogP contribution in [-0.4, -0.2) is 0 Å². The maximum Gasteiger partial charge on any atom is 1.00 e. The molecule has 2 aliphatic rings. The van der Waals surface area contributed by atoms with E-state index in [4.69, 9.17) is 0 Å². The Kier molecular flexibility index (Phi) is 4.39. The molecule has 1 nitrogen and oxygen atoms in total. The van der Waals surface area contributed by atoms with Gasteiger partial charge in [-0.15, -0.1) is 5.76 Å². The molecule has 1 unspecified atom stereocenters. The monoisotopic (exact) mass is 224 g/mol. The molecule has 0 bridgehead atoms. The average Bonchev–Trinajstić information content (AvgIpc) is 2.60. The molecular formula is C15H21LiO. The minimum absolute atomic E-state index is 0. The molecule has 17 heavy (non-hydrogen) atoms. The van der Waals surface area contributed by atoms with E-state index in [0.717, 1.165) is 0 Å². The van der Waals surface area contributed by atoms with Crippen LogP contribution in [-0.2, 0) is 0 Å². The van der Waals surface area contributed by atoms with E-state index in [1.54, 1.807) is 0 Å². The largest absolute Gasteiger partial charge is 1.00 e. The maximum absolute atomic E-state index is 11.5. The molecular weight excluding hydrogens is 203 g/mol. The van der Waals surface area contributed by atoms with Gasteiger partial charge in [-0.05, 0) is 50.4 Å². The summed E-state index contributed by atoms with van der Waals surface area (Å²) in [7, 11) is 0. The zero-order valence-electron chi connectivity index (χ0n) is 11.5.